The highest BCUT2D eigenvalue weighted by atomic mass is 32.4. The lowest BCUT2D eigenvalue weighted by atomic mass is 9.78. The maximum atomic E-state index is 6.18. The minimum atomic E-state index is -2.43. The SMILES string of the molecule is CO[P@]1(=S)C2=C(N3CCOCC3)CC(C)(C)CC2=NN1c1ccccc1. The van der Waals surface area contributed by atoms with Crippen LogP contribution in [0.25, 0.3) is 0 Å². The van der Waals surface area contributed by atoms with Crippen molar-refractivity contribution in [3.05, 3.63) is 41.3 Å². The third-order valence-electron chi connectivity index (χ3n) is 5.21. The number of morpholine rings is 1. The second-order valence-corrected chi connectivity index (χ2v) is 11.5. The third-order valence-corrected chi connectivity index (χ3v) is 9.07. The first-order chi connectivity index (χ1) is 12.4. The first-order valence-electron chi connectivity index (χ1n) is 9.10. The van der Waals surface area contributed by atoms with Crippen molar-refractivity contribution in [3.63, 3.8) is 0 Å². The van der Waals surface area contributed by atoms with E-state index in [1.807, 2.05) is 23.0 Å². The molecule has 0 unspecified atom stereocenters. The number of fused-ring (bicyclic) bond motifs is 1. The fraction of sp³-hybridized carbons (Fsp3) is 0.526. The molecule has 4 rings (SSSR count). The van der Waals surface area contributed by atoms with Crippen LogP contribution >= 0.6 is 6.42 Å². The monoisotopic (exact) mass is 391 g/mol. The van der Waals surface area contributed by atoms with Gasteiger partial charge in [-0.2, -0.15) is 5.10 Å². The van der Waals surface area contributed by atoms with E-state index in [0.717, 1.165) is 50.5 Å². The van der Waals surface area contributed by atoms with Gasteiger partial charge in [-0.25, -0.2) is 4.78 Å². The highest BCUT2D eigenvalue weighted by molar-refractivity contribution is 8.15. The van der Waals surface area contributed by atoms with E-state index in [1.54, 1.807) is 7.11 Å². The summed E-state index contributed by atoms with van der Waals surface area (Å²) in [5.41, 5.74) is 3.60. The molecule has 1 aliphatic carbocycles. The van der Waals surface area contributed by atoms with Crippen molar-refractivity contribution in [1.29, 1.82) is 0 Å². The second-order valence-electron chi connectivity index (χ2n) is 7.79. The Kier molecular flexibility index (Phi) is 4.72. The van der Waals surface area contributed by atoms with Gasteiger partial charge in [0.25, 0.3) is 0 Å². The second kappa shape index (κ2) is 6.75. The lowest BCUT2D eigenvalue weighted by Gasteiger charge is -2.41. The lowest BCUT2D eigenvalue weighted by molar-refractivity contribution is 0.0489. The zero-order valence-electron chi connectivity index (χ0n) is 15.6. The Morgan fingerprint density at radius 3 is 2.50 bits per heavy atom. The van der Waals surface area contributed by atoms with Crippen molar-refractivity contribution in [2.45, 2.75) is 26.7 Å². The van der Waals surface area contributed by atoms with Gasteiger partial charge in [-0.15, -0.1) is 0 Å². The number of para-hydroxylation sites is 1. The molecule has 0 bridgehead atoms. The molecular formula is C19H26N3O2PS. The summed E-state index contributed by atoms with van der Waals surface area (Å²) >= 11 is 6.18. The Balaban J connectivity index is 1.86. The van der Waals surface area contributed by atoms with Crippen molar-refractivity contribution in [1.82, 2.24) is 4.90 Å². The van der Waals surface area contributed by atoms with E-state index >= 15 is 0 Å². The Bertz CT molecular complexity index is 800. The van der Waals surface area contributed by atoms with Crippen LogP contribution in [0.3, 0.4) is 0 Å². The topological polar surface area (TPSA) is 37.3 Å². The summed E-state index contributed by atoms with van der Waals surface area (Å²) < 4.78 is 13.6. The highest BCUT2D eigenvalue weighted by Crippen LogP contribution is 2.67. The average Bonchev–Trinajstić information content (AvgIpc) is 2.94. The summed E-state index contributed by atoms with van der Waals surface area (Å²) in [6.45, 7) is 7.98. The molecule has 7 heteroatoms. The normalized spacial score (nSPS) is 28.2. The van der Waals surface area contributed by atoms with Crippen LogP contribution in [-0.2, 0) is 21.1 Å². The van der Waals surface area contributed by atoms with E-state index in [4.69, 9.17) is 26.2 Å². The van der Waals surface area contributed by atoms with Gasteiger partial charge >= 0.3 is 0 Å². The molecule has 0 N–H and O–H groups in total. The first-order valence-corrected chi connectivity index (χ1v) is 11.8. The van der Waals surface area contributed by atoms with E-state index in [1.165, 1.54) is 11.0 Å². The largest absolute Gasteiger partial charge is 0.378 e. The predicted molar refractivity (Wildman–Crippen MR) is 110 cm³/mol. The number of benzene rings is 1. The molecule has 0 radical (unpaired) electrons. The zero-order chi connectivity index (χ0) is 18.4. The molecule has 2 heterocycles. The highest BCUT2D eigenvalue weighted by Gasteiger charge is 2.47. The molecule has 5 nitrogen and oxygen atoms in total. The van der Waals surface area contributed by atoms with Crippen LogP contribution in [0.4, 0.5) is 5.69 Å². The van der Waals surface area contributed by atoms with Crippen LogP contribution in [0, 0.1) is 5.41 Å². The van der Waals surface area contributed by atoms with Crippen molar-refractivity contribution >= 4 is 29.6 Å². The number of rotatable bonds is 3. The van der Waals surface area contributed by atoms with Crippen LogP contribution in [0.2, 0.25) is 0 Å². The minimum Gasteiger partial charge on any atom is -0.378 e. The number of allylic oxidation sites excluding steroid dienone is 2. The Hall–Kier alpha value is -1.20. The Labute approximate surface area is 160 Å². The lowest BCUT2D eigenvalue weighted by Crippen LogP contribution is -2.40. The molecule has 1 atom stereocenters. The first kappa shape index (κ1) is 18.2. The molecule has 2 aliphatic heterocycles. The van der Waals surface area contributed by atoms with Gasteiger partial charge < -0.3 is 14.2 Å². The van der Waals surface area contributed by atoms with Gasteiger partial charge in [-0.3, -0.25) is 0 Å². The van der Waals surface area contributed by atoms with Gasteiger partial charge in [0.05, 0.1) is 29.9 Å². The van der Waals surface area contributed by atoms with Gasteiger partial charge in [0.2, 0.25) is 6.42 Å². The number of ether oxygens (including phenoxy) is 1. The van der Waals surface area contributed by atoms with Crippen LogP contribution in [0.1, 0.15) is 26.7 Å². The van der Waals surface area contributed by atoms with Crippen LogP contribution < -0.4 is 4.78 Å². The van der Waals surface area contributed by atoms with Crippen molar-refractivity contribution in [3.8, 4) is 0 Å². The Morgan fingerprint density at radius 2 is 1.85 bits per heavy atom. The van der Waals surface area contributed by atoms with Gasteiger partial charge in [-0.1, -0.05) is 32.0 Å². The molecule has 0 saturated carbocycles. The number of hydrogen-bond acceptors (Lipinski definition) is 5. The summed E-state index contributed by atoms with van der Waals surface area (Å²) in [5, 5.41) is 6.18. The summed E-state index contributed by atoms with van der Waals surface area (Å²) in [6.07, 6.45) is -0.496. The molecule has 26 heavy (non-hydrogen) atoms. The number of anilines is 1. The van der Waals surface area contributed by atoms with Gasteiger partial charge in [0, 0.05) is 25.9 Å². The standard InChI is InChI=1S/C19H26N3O2PS/c1-19(2)13-16-18(17(14-19)21-9-11-24-12-10-21)25(26,23-3)22(20-16)15-7-5-4-6-8-15/h4-8H,9-14H2,1-3H3/t25-/m0/s1. The van der Waals surface area contributed by atoms with E-state index in [-0.39, 0.29) is 5.41 Å². The molecule has 3 aliphatic rings. The zero-order valence-corrected chi connectivity index (χ0v) is 17.4. The van der Waals surface area contributed by atoms with Crippen LogP contribution in [0.15, 0.2) is 46.4 Å². The summed E-state index contributed by atoms with van der Waals surface area (Å²) in [5.74, 6) is 0. The smallest absolute Gasteiger partial charge is 0.209 e. The van der Waals surface area contributed by atoms with Crippen molar-refractivity contribution in [2.24, 2.45) is 10.5 Å². The average molecular weight is 391 g/mol. The quantitative estimate of drug-likeness (QED) is 0.723. The molecular weight excluding hydrogens is 365 g/mol. The maximum Gasteiger partial charge on any atom is 0.209 e. The Morgan fingerprint density at radius 1 is 1.15 bits per heavy atom. The molecule has 1 fully saturated rings. The van der Waals surface area contributed by atoms with Gasteiger partial charge in [0.1, 0.15) is 0 Å². The third kappa shape index (κ3) is 3.03. The van der Waals surface area contributed by atoms with Gasteiger partial charge in [0.15, 0.2) is 0 Å². The fourth-order valence-electron chi connectivity index (χ4n) is 4.01. The molecule has 1 saturated heterocycles. The summed E-state index contributed by atoms with van der Waals surface area (Å²) in [6, 6.07) is 10.2. The summed E-state index contributed by atoms with van der Waals surface area (Å²) in [4.78, 5) is 2.45. The molecule has 1 aromatic carbocycles. The van der Waals surface area contributed by atoms with Crippen molar-refractivity contribution in [2.75, 3.05) is 38.2 Å². The molecule has 140 valence electrons. The van der Waals surface area contributed by atoms with E-state index in [0.29, 0.717) is 0 Å². The van der Waals surface area contributed by atoms with Crippen molar-refractivity contribution < 1.29 is 9.26 Å². The number of nitrogens with zero attached hydrogens (tertiary/aromatic N) is 3. The number of hydrogen-bond donors (Lipinski definition) is 0. The minimum absolute atomic E-state index is 0.163. The number of hydrazone groups is 1. The van der Waals surface area contributed by atoms with Crippen LogP contribution in [0.5, 0.6) is 0 Å². The predicted octanol–water partition coefficient (Wildman–Crippen LogP) is 4.18. The van der Waals surface area contributed by atoms with E-state index in [9.17, 15) is 0 Å². The molecule has 1 aromatic rings. The molecule has 0 spiro atoms. The maximum absolute atomic E-state index is 6.18. The molecule has 0 aromatic heterocycles. The van der Waals surface area contributed by atoms with Crippen LogP contribution in [-0.4, -0.2) is 44.0 Å². The summed E-state index contributed by atoms with van der Waals surface area (Å²) in [7, 11) is 1.73. The fourth-order valence-corrected chi connectivity index (χ4v) is 7.23. The molecule has 0 amide bonds. The van der Waals surface area contributed by atoms with Gasteiger partial charge in [-0.05, 0) is 42.2 Å². The van der Waals surface area contributed by atoms with E-state index in [2.05, 4.69) is 30.9 Å². The van der Waals surface area contributed by atoms with E-state index < -0.39 is 6.42 Å².